The van der Waals surface area contributed by atoms with E-state index in [4.69, 9.17) is 9.47 Å². The molecule has 2 aromatic rings. The van der Waals surface area contributed by atoms with Crippen LogP contribution in [-0.2, 0) is 11.3 Å². The number of carbonyl (C=O) groups excluding carboxylic acids is 2. The van der Waals surface area contributed by atoms with Crippen LogP contribution in [0, 0.1) is 0 Å². The van der Waals surface area contributed by atoms with Crippen LogP contribution in [0.15, 0.2) is 42.5 Å². The molecule has 2 aromatic carbocycles. The smallest absolute Gasteiger partial charge is 0.263 e. The lowest BCUT2D eigenvalue weighted by Gasteiger charge is -2.37. The van der Waals surface area contributed by atoms with Crippen LogP contribution in [0.1, 0.15) is 46.0 Å². The summed E-state index contributed by atoms with van der Waals surface area (Å²) in [5.41, 5.74) is 3.13. The quantitative estimate of drug-likeness (QED) is 0.605. The fourth-order valence-corrected chi connectivity index (χ4v) is 5.06. The molecule has 0 bridgehead atoms. The Morgan fingerprint density at radius 3 is 2.58 bits per heavy atom. The van der Waals surface area contributed by atoms with Gasteiger partial charge in [-0.25, -0.2) is 0 Å². The second kappa shape index (κ2) is 9.53. The molecule has 7 nitrogen and oxygen atoms in total. The minimum Gasteiger partial charge on any atom is -0.494 e. The lowest BCUT2D eigenvalue weighted by molar-refractivity contribution is 0.0475. The molecule has 2 fully saturated rings. The summed E-state index contributed by atoms with van der Waals surface area (Å²) in [5.74, 6) is 0.562. The molecule has 3 heterocycles. The Morgan fingerprint density at radius 2 is 1.82 bits per heavy atom. The van der Waals surface area contributed by atoms with E-state index in [1.165, 1.54) is 10.5 Å². The largest absolute Gasteiger partial charge is 0.494 e. The zero-order valence-corrected chi connectivity index (χ0v) is 19.2. The molecule has 0 aliphatic carbocycles. The van der Waals surface area contributed by atoms with E-state index in [0.29, 0.717) is 30.9 Å². The summed E-state index contributed by atoms with van der Waals surface area (Å²) in [6.07, 6.45) is 1.84. The van der Waals surface area contributed by atoms with Crippen molar-refractivity contribution in [3.05, 3.63) is 59.2 Å². The molecule has 5 rings (SSSR count). The molecule has 3 aliphatic heterocycles. The molecule has 0 N–H and O–H groups in total. The van der Waals surface area contributed by atoms with Crippen LogP contribution >= 0.6 is 0 Å². The normalized spacial score (nSPS) is 21.1. The molecule has 3 aliphatic rings. The lowest BCUT2D eigenvalue weighted by atomic mass is 10.1. The number of hydrogen-bond donors (Lipinski definition) is 0. The SMILES string of the molecule is CCOc1ccccc1CN1CCN(c2cccc3c2C(=O)N(C[C@H]2CCCO2)C3=O)CC1. The van der Waals surface area contributed by atoms with E-state index in [9.17, 15) is 9.59 Å². The standard InChI is InChI=1S/C26H31N3O4/c1-2-32-23-11-4-3-7-19(23)17-27-12-14-28(15-13-27)22-10-5-9-21-24(22)26(31)29(25(21)30)18-20-8-6-16-33-20/h3-5,7,9-11,20H,2,6,8,12-18H2,1H3/t20-/m1/s1. The number of ether oxygens (including phenoxy) is 2. The summed E-state index contributed by atoms with van der Waals surface area (Å²) in [7, 11) is 0. The summed E-state index contributed by atoms with van der Waals surface area (Å²) >= 11 is 0. The Kier molecular flexibility index (Phi) is 6.33. The summed E-state index contributed by atoms with van der Waals surface area (Å²) in [6, 6.07) is 13.8. The van der Waals surface area contributed by atoms with Crippen molar-refractivity contribution in [1.82, 2.24) is 9.80 Å². The third kappa shape index (κ3) is 4.35. The first kappa shape index (κ1) is 21.9. The minimum absolute atomic E-state index is 0.0428. The van der Waals surface area contributed by atoms with Crippen molar-refractivity contribution in [3.63, 3.8) is 0 Å². The van der Waals surface area contributed by atoms with Crippen LogP contribution in [-0.4, -0.2) is 73.7 Å². The number of amides is 2. The van der Waals surface area contributed by atoms with Crippen molar-refractivity contribution in [2.45, 2.75) is 32.4 Å². The van der Waals surface area contributed by atoms with Crippen molar-refractivity contribution in [2.24, 2.45) is 0 Å². The van der Waals surface area contributed by atoms with Gasteiger partial charge in [-0.05, 0) is 38.0 Å². The van der Waals surface area contributed by atoms with E-state index >= 15 is 0 Å². The van der Waals surface area contributed by atoms with Gasteiger partial charge in [0.1, 0.15) is 5.75 Å². The Hall–Kier alpha value is -2.90. The van der Waals surface area contributed by atoms with Gasteiger partial charge in [0.15, 0.2) is 0 Å². The first-order chi connectivity index (χ1) is 16.2. The number of benzene rings is 2. The zero-order chi connectivity index (χ0) is 22.8. The summed E-state index contributed by atoms with van der Waals surface area (Å²) in [5, 5.41) is 0. The molecular weight excluding hydrogens is 418 g/mol. The van der Waals surface area contributed by atoms with Gasteiger partial charge in [-0.3, -0.25) is 19.4 Å². The Bertz CT molecular complexity index is 1030. The van der Waals surface area contributed by atoms with E-state index in [-0.39, 0.29) is 17.9 Å². The number of fused-ring (bicyclic) bond motifs is 1. The Morgan fingerprint density at radius 1 is 1.00 bits per heavy atom. The maximum atomic E-state index is 13.3. The van der Waals surface area contributed by atoms with Crippen molar-refractivity contribution >= 4 is 17.5 Å². The maximum absolute atomic E-state index is 13.3. The van der Waals surface area contributed by atoms with Gasteiger partial charge in [0.05, 0.1) is 36.1 Å². The van der Waals surface area contributed by atoms with E-state index in [1.54, 1.807) is 6.07 Å². The highest BCUT2D eigenvalue weighted by atomic mass is 16.5. The third-order valence-electron chi connectivity index (χ3n) is 6.77. The highest BCUT2D eigenvalue weighted by molar-refractivity contribution is 6.23. The van der Waals surface area contributed by atoms with Crippen LogP contribution in [0.2, 0.25) is 0 Å². The van der Waals surface area contributed by atoms with Crippen LogP contribution in [0.25, 0.3) is 0 Å². The lowest BCUT2D eigenvalue weighted by Crippen LogP contribution is -2.46. The fraction of sp³-hybridized carbons (Fsp3) is 0.462. The highest BCUT2D eigenvalue weighted by Gasteiger charge is 2.40. The predicted octanol–water partition coefficient (Wildman–Crippen LogP) is 3.18. The van der Waals surface area contributed by atoms with Crippen LogP contribution < -0.4 is 9.64 Å². The topological polar surface area (TPSA) is 62.3 Å². The number of rotatable bonds is 7. The third-order valence-corrected chi connectivity index (χ3v) is 6.77. The van der Waals surface area contributed by atoms with Crippen LogP contribution in [0.4, 0.5) is 5.69 Å². The zero-order valence-electron chi connectivity index (χ0n) is 19.2. The van der Waals surface area contributed by atoms with Crippen molar-refractivity contribution in [1.29, 1.82) is 0 Å². The Labute approximate surface area is 194 Å². The molecule has 0 radical (unpaired) electrons. The predicted molar refractivity (Wildman–Crippen MR) is 126 cm³/mol. The molecule has 0 unspecified atom stereocenters. The number of hydrogen-bond acceptors (Lipinski definition) is 6. The average Bonchev–Trinajstić information content (AvgIpc) is 3.44. The number of imide groups is 1. The molecule has 174 valence electrons. The average molecular weight is 450 g/mol. The molecular formula is C26H31N3O4. The van der Waals surface area contributed by atoms with E-state index in [1.807, 2.05) is 37.3 Å². The molecule has 2 amide bonds. The molecule has 7 heteroatoms. The van der Waals surface area contributed by atoms with Crippen molar-refractivity contribution in [3.8, 4) is 5.75 Å². The second-order valence-electron chi connectivity index (χ2n) is 8.86. The van der Waals surface area contributed by atoms with Gasteiger partial charge in [-0.15, -0.1) is 0 Å². The fourth-order valence-electron chi connectivity index (χ4n) is 5.06. The molecule has 0 saturated carbocycles. The number of carbonyl (C=O) groups is 2. The maximum Gasteiger partial charge on any atom is 0.263 e. The number of para-hydroxylation sites is 1. The Balaban J connectivity index is 1.27. The van der Waals surface area contributed by atoms with Gasteiger partial charge in [0.2, 0.25) is 0 Å². The van der Waals surface area contributed by atoms with Gasteiger partial charge in [0.25, 0.3) is 11.8 Å². The summed E-state index contributed by atoms with van der Waals surface area (Å²) < 4.78 is 11.4. The highest BCUT2D eigenvalue weighted by Crippen LogP contribution is 2.33. The number of piperazine rings is 1. The van der Waals surface area contributed by atoms with Crippen molar-refractivity contribution in [2.75, 3.05) is 50.8 Å². The molecule has 33 heavy (non-hydrogen) atoms. The summed E-state index contributed by atoms with van der Waals surface area (Å²) in [6.45, 7) is 7.92. The van der Waals surface area contributed by atoms with Gasteiger partial charge in [-0.2, -0.15) is 0 Å². The van der Waals surface area contributed by atoms with Gasteiger partial charge < -0.3 is 14.4 Å². The molecule has 2 saturated heterocycles. The summed E-state index contributed by atoms with van der Waals surface area (Å²) in [4.78, 5) is 32.3. The minimum atomic E-state index is -0.196. The van der Waals surface area contributed by atoms with Gasteiger partial charge >= 0.3 is 0 Å². The van der Waals surface area contributed by atoms with Gasteiger partial charge in [-0.1, -0.05) is 24.3 Å². The van der Waals surface area contributed by atoms with Crippen LogP contribution in [0.5, 0.6) is 5.75 Å². The first-order valence-electron chi connectivity index (χ1n) is 11.9. The van der Waals surface area contributed by atoms with E-state index in [2.05, 4.69) is 15.9 Å². The van der Waals surface area contributed by atoms with E-state index < -0.39 is 0 Å². The van der Waals surface area contributed by atoms with Crippen molar-refractivity contribution < 1.29 is 19.1 Å². The van der Waals surface area contributed by atoms with Crippen LogP contribution in [0.3, 0.4) is 0 Å². The monoisotopic (exact) mass is 449 g/mol. The van der Waals surface area contributed by atoms with Gasteiger partial charge in [0, 0.05) is 44.9 Å². The number of anilines is 1. The molecule has 0 spiro atoms. The van der Waals surface area contributed by atoms with E-state index in [0.717, 1.165) is 57.0 Å². The number of nitrogens with zero attached hydrogens (tertiary/aromatic N) is 3. The first-order valence-corrected chi connectivity index (χ1v) is 11.9. The molecule has 1 atom stereocenters. The second-order valence-corrected chi connectivity index (χ2v) is 8.86. The molecule has 0 aromatic heterocycles.